The zero-order chi connectivity index (χ0) is 10.2. The van der Waals surface area contributed by atoms with Crippen LogP contribution in [0.25, 0.3) is 0 Å². The third kappa shape index (κ3) is 1.20. The Hall–Kier alpha value is -1.72. The van der Waals surface area contributed by atoms with Crippen LogP contribution in [0.4, 0.5) is 11.5 Å². The number of hydrogen-bond donors (Lipinski definition) is 2. The number of nitrogens with two attached hydrogens (primary N) is 2. The summed E-state index contributed by atoms with van der Waals surface area (Å²) in [6.07, 6.45) is 0. The summed E-state index contributed by atoms with van der Waals surface area (Å²) in [5.74, 6) is 0.0136. The van der Waals surface area contributed by atoms with Gasteiger partial charge in [0.25, 0.3) is 5.56 Å². The Morgan fingerprint density at radius 3 is 2.31 bits per heavy atom. The molecule has 0 saturated carbocycles. The van der Waals surface area contributed by atoms with Crippen molar-refractivity contribution in [2.75, 3.05) is 11.5 Å². The third-order valence-electron chi connectivity index (χ3n) is 1.95. The van der Waals surface area contributed by atoms with E-state index in [1.54, 1.807) is 6.92 Å². The van der Waals surface area contributed by atoms with Gasteiger partial charge >= 0.3 is 5.69 Å². The predicted octanol–water partition coefficient (Wildman–Crippen LogP) is -1.27. The monoisotopic (exact) mass is 184 g/mol. The van der Waals surface area contributed by atoms with E-state index in [0.29, 0.717) is 0 Å². The third-order valence-corrected chi connectivity index (χ3v) is 1.95. The van der Waals surface area contributed by atoms with E-state index < -0.39 is 11.2 Å². The second kappa shape index (κ2) is 2.96. The highest BCUT2D eigenvalue weighted by Crippen LogP contribution is 2.02. The van der Waals surface area contributed by atoms with Crippen molar-refractivity contribution >= 4 is 11.5 Å². The summed E-state index contributed by atoms with van der Waals surface area (Å²) in [5, 5.41) is 0. The Morgan fingerprint density at radius 2 is 1.85 bits per heavy atom. The molecular weight excluding hydrogens is 172 g/mol. The second-order valence-corrected chi connectivity index (χ2v) is 2.69. The zero-order valence-corrected chi connectivity index (χ0v) is 7.57. The van der Waals surface area contributed by atoms with Crippen LogP contribution in [-0.2, 0) is 13.6 Å². The van der Waals surface area contributed by atoms with Crippen LogP contribution in [0.2, 0.25) is 0 Å². The number of anilines is 2. The Labute approximate surface area is 74.4 Å². The van der Waals surface area contributed by atoms with E-state index in [2.05, 4.69) is 0 Å². The summed E-state index contributed by atoms with van der Waals surface area (Å²) >= 11 is 0. The maximum Gasteiger partial charge on any atom is 0.332 e. The summed E-state index contributed by atoms with van der Waals surface area (Å²) in [6.45, 7) is 1.98. The van der Waals surface area contributed by atoms with Gasteiger partial charge in [-0.3, -0.25) is 13.9 Å². The molecule has 0 atom stereocenters. The Morgan fingerprint density at radius 1 is 1.31 bits per heavy atom. The van der Waals surface area contributed by atoms with Gasteiger partial charge in [0.1, 0.15) is 11.5 Å². The molecule has 0 bridgehead atoms. The second-order valence-electron chi connectivity index (χ2n) is 2.69. The van der Waals surface area contributed by atoms with Crippen LogP contribution in [0.15, 0.2) is 9.59 Å². The molecule has 1 aromatic rings. The van der Waals surface area contributed by atoms with Gasteiger partial charge in [-0.1, -0.05) is 0 Å². The first-order valence-corrected chi connectivity index (χ1v) is 3.85. The molecule has 1 aromatic heterocycles. The fourth-order valence-corrected chi connectivity index (χ4v) is 1.09. The zero-order valence-electron chi connectivity index (χ0n) is 7.57. The molecule has 0 aromatic carbocycles. The van der Waals surface area contributed by atoms with Crippen molar-refractivity contribution in [3.63, 3.8) is 0 Å². The largest absolute Gasteiger partial charge is 0.391 e. The van der Waals surface area contributed by atoms with Gasteiger partial charge < -0.3 is 11.5 Å². The van der Waals surface area contributed by atoms with Crippen molar-refractivity contribution in [2.24, 2.45) is 7.05 Å². The number of aromatic nitrogens is 2. The van der Waals surface area contributed by atoms with Gasteiger partial charge in [0.05, 0.1) is 0 Å². The molecule has 0 aliphatic rings. The van der Waals surface area contributed by atoms with Crippen LogP contribution in [0, 0.1) is 0 Å². The summed E-state index contributed by atoms with van der Waals surface area (Å²) in [6, 6.07) is 0. The van der Waals surface area contributed by atoms with Crippen molar-refractivity contribution in [1.29, 1.82) is 0 Å². The van der Waals surface area contributed by atoms with Gasteiger partial charge in [0.2, 0.25) is 0 Å². The number of hydrogen-bond acceptors (Lipinski definition) is 4. The fraction of sp³-hybridized carbons (Fsp3) is 0.429. The smallest absolute Gasteiger partial charge is 0.332 e. The minimum absolute atomic E-state index is 0.0136. The quantitative estimate of drug-likeness (QED) is 0.568. The van der Waals surface area contributed by atoms with Crippen molar-refractivity contribution in [1.82, 2.24) is 9.13 Å². The van der Waals surface area contributed by atoms with Crippen molar-refractivity contribution in [3.8, 4) is 0 Å². The number of rotatable bonds is 1. The van der Waals surface area contributed by atoms with Crippen LogP contribution < -0.4 is 22.7 Å². The van der Waals surface area contributed by atoms with Gasteiger partial charge in [-0.2, -0.15) is 0 Å². The SMILES string of the molecule is CCn1c(=O)c(N)c(N)n(C)c1=O. The van der Waals surface area contributed by atoms with Gasteiger partial charge in [-0.25, -0.2) is 4.79 Å². The molecule has 1 heterocycles. The maximum atomic E-state index is 11.4. The molecule has 1 rings (SSSR count). The summed E-state index contributed by atoms with van der Waals surface area (Å²) in [7, 11) is 1.47. The lowest BCUT2D eigenvalue weighted by atomic mass is 10.4. The lowest BCUT2D eigenvalue weighted by molar-refractivity contribution is 0.630. The predicted molar refractivity (Wildman–Crippen MR) is 50.4 cm³/mol. The Balaban J connectivity index is 3.78. The number of nitrogen functional groups attached to an aromatic ring is 2. The fourth-order valence-electron chi connectivity index (χ4n) is 1.09. The van der Waals surface area contributed by atoms with Crippen LogP contribution in [0.5, 0.6) is 0 Å². The molecule has 0 radical (unpaired) electrons. The lowest BCUT2D eigenvalue weighted by Crippen LogP contribution is -2.40. The van der Waals surface area contributed by atoms with Gasteiger partial charge in [-0.05, 0) is 6.92 Å². The van der Waals surface area contributed by atoms with Gasteiger partial charge in [-0.15, -0.1) is 0 Å². The minimum Gasteiger partial charge on any atom is -0.391 e. The summed E-state index contributed by atoms with van der Waals surface area (Å²) in [4.78, 5) is 22.7. The van der Waals surface area contributed by atoms with E-state index in [1.807, 2.05) is 0 Å². The van der Waals surface area contributed by atoms with Crippen LogP contribution in [-0.4, -0.2) is 9.13 Å². The van der Waals surface area contributed by atoms with Gasteiger partial charge in [0, 0.05) is 13.6 Å². The van der Waals surface area contributed by atoms with E-state index in [4.69, 9.17) is 11.5 Å². The molecule has 0 fully saturated rings. The van der Waals surface area contributed by atoms with E-state index in [9.17, 15) is 9.59 Å². The average molecular weight is 184 g/mol. The highest BCUT2D eigenvalue weighted by atomic mass is 16.2. The molecule has 0 unspecified atom stereocenters. The van der Waals surface area contributed by atoms with E-state index in [1.165, 1.54) is 7.05 Å². The molecule has 4 N–H and O–H groups in total. The van der Waals surface area contributed by atoms with E-state index in [-0.39, 0.29) is 18.1 Å². The average Bonchev–Trinajstić information content (AvgIpc) is 2.13. The minimum atomic E-state index is -0.525. The molecule has 0 aliphatic carbocycles. The molecule has 13 heavy (non-hydrogen) atoms. The first-order chi connectivity index (χ1) is 6.00. The number of nitrogens with zero attached hydrogens (tertiary/aromatic N) is 2. The maximum absolute atomic E-state index is 11.4. The van der Waals surface area contributed by atoms with E-state index in [0.717, 1.165) is 9.13 Å². The molecule has 0 saturated heterocycles. The summed E-state index contributed by atoms with van der Waals surface area (Å²) in [5.41, 5.74) is 9.79. The van der Waals surface area contributed by atoms with Crippen LogP contribution in [0.1, 0.15) is 6.92 Å². The topological polar surface area (TPSA) is 96.0 Å². The molecule has 72 valence electrons. The lowest BCUT2D eigenvalue weighted by Gasteiger charge is -2.09. The van der Waals surface area contributed by atoms with E-state index >= 15 is 0 Å². The van der Waals surface area contributed by atoms with Crippen molar-refractivity contribution in [2.45, 2.75) is 13.5 Å². The first kappa shape index (κ1) is 9.37. The molecule has 6 heteroatoms. The van der Waals surface area contributed by atoms with Crippen LogP contribution in [0.3, 0.4) is 0 Å². The van der Waals surface area contributed by atoms with Crippen LogP contribution >= 0.6 is 0 Å². The highest BCUT2D eigenvalue weighted by molar-refractivity contribution is 5.56. The molecule has 0 amide bonds. The van der Waals surface area contributed by atoms with Crippen molar-refractivity contribution < 1.29 is 0 Å². The van der Waals surface area contributed by atoms with Gasteiger partial charge in [0.15, 0.2) is 0 Å². The Bertz CT molecular complexity index is 406. The summed E-state index contributed by atoms with van der Waals surface area (Å²) < 4.78 is 2.19. The molecule has 0 spiro atoms. The molecule has 6 nitrogen and oxygen atoms in total. The Kier molecular flexibility index (Phi) is 2.14. The standard InChI is InChI=1S/C7H12N4O2/c1-3-11-6(12)4(8)5(9)10(2)7(11)13/h3,8-9H2,1-2H3. The highest BCUT2D eigenvalue weighted by Gasteiger charge is 2.10. The first-order valence-electron chi connectivity index (χ1n) is 3.85. The normalized spacial score (nSPS) is 10.3. The van der Waals surface area contributed by atoms with Crippen molar-refractivity contribution in [3.05, 3.63) is 20.8 Å². The molecule has 0 aliphatic heterocycles. The molecular formula is C7H12N4O2.